The highest BCUT2D eigenvalue weighted by atomic mass is 16.5. The van der Waals surface area contributed by atoms with Gasteiger partial charge in [0.2, 0.25) is 5.91 Å². The van der Waals surface area contributed by atoms with Gasteiger partial charge < -0.3 is 10.1 Å². The van der Waals surface area contributed by atoms with E-state index in [0.29, 0.717) is 13.0 Å². The molecule has 1 aromatic rings. The minimum absolute atomic E-state index is 0.0125. The molecule has 2 rings (SSSR count). The van der Waals surface area contributed by atoms with Gasteiger partial charge in [-0.25, -0.2) is 5.01 Å². The van der Waals surface area contributed by atoms with Gasteiger partial charge in [-0.15, -0.1) is 0 Å². The van der Waals surface area contributed by atoms with Crippen molar-refractivity contribution in [1.82, 2.24) is 10.3 Å². The summed E-state index contributed by atoms with van der Waals surface area (Å²) in [6, 6.07) is 9.78. The summed E-state index contributed by atoms with van der Waals surface area (Å²) in [4.78, 5) is 35.7. The van der Waals surface area contributed by atoms with Crippen LogP contribution in [0.5, 0.6) is 0 Å². The first-order valence-corrected chi connectivity index (χ1v) is 9.41. The first-order chi connectivity index (χ1) is 13.0. The molecule has 1 aliphatic rings. The fourth-order valence-electron chi connectivity index (χ4n) is 2.79. The van der Waals surface area contributed by atoms with Gasteiger partial charge in [-0.3, -0.25) is 14.4 Å². The zero-order valence-electron chi connectivity index (χ0n) is 15.9. The number of amides is 2. The van der Waals surface area contributed by atoms with Crippen molar-refractivity contribution in [3.05, 3.63) is 35.9 Å². The topological polar surface area (TPSA) is 88.1 Å². The highest BCUT2D eigenvalue weighted by Crippen LogP contribution is 2.15. The Bertz CT molecular complexity index is 684. The van der Waals surface area contributed by atoms with Crippen LogP contribution in [0.25, 0.3) is 0 Å². The lowest BCUT2D eigenvalue weighted by Gasteiger charge is -2.14. The van der Waals surface area contributed by atoms with Crippen molar-refractivity contribution in [2.45, 2.75) is 52.0 Å². The number of hydrogen-bond donors (Lipinski definition) is 1. The average Bonchev–Trinajstić information content (AvgIpc) is 3.19. The quantitative estimate of drug-likeness (QED) is 0.673. The average molecular weight is 373 g/mol. The van der Waals surface area contributed by atoms with Gasteiger partial charge in [0.25, 0.3) is 5.91 Å². The van der Waals surface area contributed by atoms with Crippen molar-refractivity contribution in [2.24, 2.45) is 5.10 Å². The smallest absolute Gasteiger partial charge is 0.306 e. The van der Waals surface area contributed by atoms with Crippen LogP contribution in [-0.2, 0) is 19.1 Å². The van der Waals surface area contributed by atoms with Crippen molar-refractivity contribution in [3.8, 4) is 0 Å². The lowest BCUT2D eigenvalue weighted by Crippen LogP contribution is -2.37. The van der Waals surface area contributed by atoms with Crippen LogP contribution in [0.3, 0.4) is 0 Å². The van der Waals surface area contributed by atoms with Crippen LogP contribution < -0.4 is 5.32 Å². The third-order valence-corrected chi connectivity index (χ3v) is 4.45. The molecule has 7 nitrogen and oxygen atoms in total. The Morgan fingerprint density at radius 3 is 2.52 bits per heavy atom. The molecule has 146 valence electrons. The molecule has 0 aliphatic carbocycles. The summed E-state index contributed by atoms with van der Waals surface area (Å²) in [5.74, 6) is -1.10. The van der Waals surface area contributed by atoms with E-state index in [1.54, 1.807) is 0 Å². The van der Waals surface area contributed by atoms with Crippen LogP contribution in [0.4, 0.5) is 0 Å². The first-order valence-electron chi connectivity index (χ1n) is 9.41. The molecular weight excluding hydrogens is 346 g/mol. The maximum absolute atomic E-state index is 12.2. The molecule has 0 unspecified atom stereocenters. The minimum Gasteiger partial charge on any atom is -0.456 e. The maximum Gasteiger partial charge on any atom is 0.306 e. The van der Waals surface area contributed by atoms with E-state index in [1.165, 1.54) is 5.01 Å². The molecule has 2 amide bonds. The second-order valence-corrected chi connectivity index (χ2v) is 6.42. The molecule has 1 aromatic carbocycles. The Morgan fingerprint density at radius 2 is 1.85 bits per heavy atom. The number of ether oxygens (including phenoxy) is 1. The fourth-order valence-corrected chi connectivity index (χ4v) is 2.79. The Morgan fingerprint density at radius 1 is 1.15 bits per heavy atom. The van der Waals surface area contributed by atoms with Crippen LogP contribution in [0, 0.1) is 0 Å². The largest absolute Gasteiger partial charge is 0.456 e. The summed E-state index contributed by atoms with van der Waals surface area (Å²) in [6.45, 7) is 4.16. The number of rotatable bonds is 9. The second-order valence-electron chi connectivity index (χ2n) is 6.42. The summed E-state index contributed by atoms with van der Waals surface area (Å²) < 4.78 is 4.94. The summed E-state index contributed by atoms with van der Waals surface area (Å²) >= 11 is 0. The number of hydrazone groups is 1. The van der Waals surface area contributed by atoms with E-state index < -0.39 is 5.97 Å². The van der Waals surface area contributed by atoms with Gasteiger partial charge in [-0.2, -0.15) is 5.10 Å². The lowest BCUT2D eigenvalue weighted by atomic mass is 10.1. The van der Waals surface area contributed by atoms with E-state index in [-0.39, 0.29) is 37.3 Å². The van der Waals surface area contributed by atoms with E-state index in [1.807, 2.05) is 44.2 Å². The third-order valence-electron chi connectivity index (χ3n) is 4.45. The molecule has 0 aromatic heterocycles. The van der Waals surface area contributed by atoms with E-state index in [2.05, 4.69) is 10.4 Å². The highest BCUT2D eigenvalue weighted by molar-refractivity contribution is 6.02. The summed E-state index contributed by atoms with van der Waals surface area (Å²) in [5.41, 5.74) is 1.86. The van der Waals surface area contributed by atoms with Crippen LogP contribution in [0.1, 0.15) is 51.5 Å². The molecule has 0 saturated heterocycles. The highest BCUT2D eigenvalue weighted by Gasteiger charge is 2.22. The van der Waals surface area contributed by atoms with E-state index in [4.69, 9.17) is 4.74 Å². The van der Waals surface area contributed by atoms with E-state index >= 15 is 0 Å². The monoisotopic (exact) mass is 373 g/mol. The summed E-state index contributed by atoms with van der Waals surface area (Å²) in [5, 5.41) is 8.54. The predicted molar refractivity (Wildman–Crippen MR) is 102 cm³/mol. The van der Waals surface area contributed by atoms with Crippen molar-refractivity contribution in [3.63, 3.8) is 0 Å². The molecule has 0 bridgehead atoms. The molecule has 0 fully saturated rings. The Balaban J connectivity index is 1.72. The molecule has 7 heteroatoms. The van der Waals surface area contributed by atoms with Gasteiger partial charge in [-0.05, 0) is 18.4 Å². The Hall–Kier alpha value is -2.70. The third kappa shape index (κ3) is 6.51. The molecule has 0 radical (unpaired) electrons. The van der Waals surface area contributed by atoms with Crippen LogP contribution in [0.2, 0.25) is 0 Å². The zero-order valence-corrected chi connectivity index (χ0v) is 15.9. The molecule has 0 atom stereocenters. The molecular formula is C20H27N3O4. The summed E-state index contributed by atoms with van der Waals surface area (Å²) in [6.07, 6.45) is 2.29. The van der Waals surface area contributed by atoms with Gasteiger partial charge in [0.15, 0.2) is 6.61 Å². The van der Waals surface area contributed by atoms with E-state index in [0.717, 1.165) is 24.1 Å². The van der Waals surface area contributed by atoms with Gasteiger partial charge in [0.1, 0.15) is 0 Å². The maximum atomic E-state index is 12.2. The number of esters is 1. The predicted octanol–water partition coefficient (Wildman–Crippen LogP) is 2.25. The van der Waals surface area contributed by atoms with Gasteiger partial charge >= 0.3 is 5.97 Å². The minimum atomic E-state index is -0.561. The molecule has 1 heterocycles. The summed E-state index contributed by atoms with van der Waals surface area (Å²) in [7, 11) is 0. The van der Waals surface area contributed by atoms with Gasteiger partial charge in [0.05, 0.1) is 18.7 Å². The number of benzene rings is 1. The Kier molecular flexibility index (Phi) is 7.98. The van der Waals surface area contributed by atoms with Gasteiger partial charge in [-0.1, -0.05) is 44.2 Å². The molecule has 27 heavy (non-hydrogen) atoms. The van der Waals surface area contributed by atoms with Crippen molar-refractivity contribution in [1.29, 1.82) is 0 Å². The van der Waals surface area contributed by atoms with Crippen LogP contribution in [0.15, 0.2) is 35.4 Å². The van der Waals surface area contributed by atoms with Crippen LogP contribution in [-0.4, -0.2) is 47.7 Å². The normalized spacial score (nSPS) is 13.4. The molecule has 0 saturated carbocycles. The first kappa shape index (κ1) is 20.6. The number of nitrogens with one attached hydrogen (secondary N) is 1. The van der Waals surface area contributed by atoms with Crippen molar-refractivity contribution in [2.75, 3.05) is 13.2 Å². The number of carbonyl (C=O) groups excluding carboxylic acids is 3. The molecule has 1 aliphatic heterocycles. The van der Waals surface area contributed by atoms with Gasteiger partial charge in [0, 0.05) is 18.9 Å². The SMILES string of the molecule is CCC(CC)NC(=O)COC(=O)CCC(=O)N1CCC(c2ccccc2)=N1. The fraction of sp³-hybridized carbons (Fsp3) is 0.500. The number of nitrogens with zero attached hydrogens (tertiary/aromatic N) is 2. The van der Waals surface area contributed by atoms with Crippen molar-refractivity contribution < 1.29 is 19.1 Å². The van der Waals surface area contributed by atoms with E-state index in [9.17, 15) is 14.4 Å². The number of hydrogen-bond acceptors (Lipinski definition) is 5. The molecule has 0 spiro atoms. The Labute approximate surface area is 159 Å². The second kappa shape index (κ2) is 10.4. The lowest BCUT2D eigenvalue weighted by molar-refractivity contribution is -0.150. The molecule has 1 N–H and O–H groups in total. The van der Waals surface area contributed by atoms with Crippen molar-refractivity contribution >= 4 is 23.5 Å². The standard InChI is InChI=1S/C20H27N3O4/c1-3-16(4-2)21-18(24)14-27-20(26)11-10-19(25)23-13-12-17(22-23)15-8-6-5-7-9-15/h5-9,16H,3-4,10-14H2,1-2H3,(H,21,24). The van der Waals surface area contributed by atoms with Crippen LogP contribution >= 0.6 is 0 Å². The zero-order chi connectivity index (χ0) is 19.6. The number of carbonyl (C=O) groups is 3.